The van der Waals surface area contributed by atoms with Gasteiger partial charge in [0.1, 0.15) is 0 Å². The van der Waals surface area contributed by atoms with Crippen molar-refractivity contribution in [3.63, 3.8) is 0 Å². The second-order valence-electron chi connectivity index (χ2n) is 0.492. The Morgan fingerprint density at radius 3 is 1.60 bits per heavy atom. The zero-order valence-electron chi connectivity index (χ0n) is 2.32. The Morgan fingerprint density at radius 2 is 1.60 bits per heavy atom. The molecule has 0 fully saturated rings. The molecular formula is C2H6BO2. The fourth-order valence-electron chi connectivity index (χ4n) is 0. The van der Waals surface area contributed by atoms with Crippen molar-refractivity contribution >= 4 is 14.4 Å². The molecule has 1 radical (unpaired) electrons. The van der Waals surface area contributed by atoms with Gasteiger partial charge in [-0.15, -0.1) is 0 Å². The fraction of sp³-hybridized carbons (Fsp3) is 0.500. The molecule has 0 atom stereocenters. The molecule has 0 saturated carbocycles. The summed E-state index contributed by atoms with van der Waals surface area (Å²) in [4.78, 5) is 8.89. The maximum atomic E-state index is 8.89. The maximum absolute atomic E-state index is 8.89. The zero-order chi connectivity index (χ0) is 3.58. The largest absolute Gasteiger partial charge is 0.352 e. The first-order chi connectivity index (χ1) is 1.73. The third-order valence-corrected chi connectivity index (χ3v) is 0. The lowest BCUT2D eigenvalue weighted by atomic mass is 10.8. The van der Waals surface area contributed by atoms with Gasteiger partial charge in [0.05, 0.1) is 8.41 Å². The van der Waals surface area contributed by atoms with Gasteiger partial charge in [0.2, 0.25) is 0 Å². The molecule has 0 rings (SSSR count). The summed E-state index contributed by atoms with van der Waals surface area (Å²) in [5.41, 5.74) is 0. The summed E-state index contributed by atoms with van der Waals surface area (Å²) in [5, 5.41) is 8.89. The molecule has 0 aromatic heterocycles. The molecule has 0 aliphatic heterocycles. The van der Waals surface area contributed by atoms with E-state index in [0.717, 1.165) is 6.92 Å². The minimum atomic E-state index is -1.08. The van der Waals surface area contributed by atoms with E-state index in [-0.39, 0.29) is 8.41 Å². The lowest BCUT2D eigenvalue weighted by Crippen LogP contribution is -1.74. The van der Waals surface area contributed by atoms with Crippen molar-refractivity contribution in [3.8, 4) is 0 Å². The molecule has 0 N–H and O–H groups in total. The zero-order valence-corrected chi connectivity index (χ0v) is 2.32. The number of rotatable bonds is 0. The smallest absolute Gasteiger partial charge is 0.248 e. The molecule has 0 aliphatic carbocycles. The Bertz CT molecular complexity index is 30.6. The molecule has 0 unspecified atom stereocenters. The van der Waals surface area contributed by atoms with Crippen LogP contribution in [0.2, 0.25) is 0 Å². The number of hydrogen-bond donors (Lipinski definition) is 0. The highest BCUT2D eigenvalue weighted by Gasteiger charge is 1.71. The first-order valence-corrected chi connectivity index (χ1v) is 0.908. The summed E-state index contributed by atoms with van der Waals surface area (Å²) in [6.07, 6.45) is 0. The van der Waals surface area contributed by atoms with Crippen LogP contribution in [0.25, 0.3) is 0 Å². The van der Waals surface area contributed by atoms with E-state index >= 15 is 0 Å². The molecule has 5 heavy (non-hydrogen) atoms. The van der Waals surface area contributed by atoms with E-state index in [1.54, 1.807) is 0 Å². The van der Waals surface area contributed by atoms with Crippen molar-refractivity contribution < 1.29 is 9.90 Å². The monoisotopic (exact) mass is 73.0 g/mol. The topological polar surface area (TPSA) is 37.0 Å². The Hall–Kier alpha value is -0.465. The van der Waals surface area contributed by atoms with E-state index in [1.165, 1.54) is 0 Å². The van der Waals surface area contributed by atoms with Crippen LogP contribution < -0.4 is 0 Å². The molecule has 0 bridgehead atoms. The van der Waals surface area contributed by atoms with Crippen molar-refractivity contribution in [2.75, 3.05) is 0 Å². The Morgan fingerprint density at radius 1 is 1.60 bits per heavy atom. The summed E-state index contributed by atoms with van der Waals surface area (Å²) in [5.74, 6) is -1.08. The maximum Gasteiger partial charge on any atom is 0.352 e. The van der Waals surface area contributed by atoms with Crippen LogP contribution in [-0.2, 0) is 9.90 Å². The average Bonchev–Trinajstić information content (AvgIpc) is 0.811. The van der Waals surface area contributed by atoms with E-state index in [0.29, 0.717) is 0 Å². The van der Waals surface area contributed by atoms with Gasteiger partial charge in [-0.25, -0.2) is 9.90 Å². The van der Waals surface area contributed by atoms with Crippen LogP contribution in [0, 0.1) is 0 Å². The lowest BCUT2D eigenvalue weighted by Gasteiger charge is -1.50. The molecule has 0 amide bonds. The van der Waals surface area contributed by atoms with Gasteiger partial charge >= 0.3 is 5.97 Å². The van der Waals surface area contributed by atoms with E-state index in [9.17, 15) is 0 Å². The highest BCUT2D eigenvalue weighted by Crippen LogP contribution is 1.45. The van der Waals surface area contributed by atoms with Gasteiger partial charge in [-0.3, -0.25) is 0 Å². The number of hydrogen-bond acceptors (Lipinski definition) is 1. The molecule has 0 heterocycles. The molecule has 0 aromatic rings. The van der Waals surface area contributed by atoms with Crippen LogP contribution >= 0.6 is 0 Å². The minimum Gasteiger partial charge on any atom is -0.248 e. The molecule has 0 spiro atoms. The Balaban J connectivity index is 0. The molecule has 0 aliphatic rings. The molecule has 0 saturated heterocycles. The SMILES string of the molecule is B.CC([O])=O. The molecule has 0 aromatic carbocycles. The lowest BCUT2D eigenvalue weighted by molar-refractivity contribution is -0.140. The summed E-state index contributed by atoms with van der Waals surface area (Å²) in [6, 6.07) is 0. The van der Waals surface area contributed by atoms with Crippen molar-refractivity contribution in [3.05, 3.63) is 0 Å². The van der Waals surface area contributed by atoms with Gasteiger partial charge in [-0.2, -0.15) is 0 Å². The van der Waals surface area contributed by atoms with Crippen LogP contribution in [0.4, 0.5) is 0 Å². The molecule has 3 heteroatoms. The van der Waals surface area contributed by atoms with Gasteiger partial charge in [-0.05, 0) is 0 Å². The summed E-state index contributed by atoms with van der Waals surface area (Å²) in [6.45, 7) is 0.972. The van der Waals surface area contributed by atoms with E-state index in [2.05, 4.69) is 0 Å². The minimum absolute atomic E-state index is 0. The van der Waals surface area contributed by atoms with Gasteiger partial charge < -0.3 is 0 Å². The van der Waals surface area contributed by atoms with Crippen LogP contribution in [-0.4, -0.2) is 14.4 Å². The number of carbonyl (C=O) groups excluding carboxylic acids is 1. The van der Waals surface area contributed by atoms with Crippen LogP contribution in [0.1, 0.15) is 6.92 Å². The summed E-state index contributed by atoms with van der Waals surface area (Å²) in [7, 11) is 0. The van der Waals surface area contributed by atoms with E-state index in [1.807, 2.05) is 0 Å². The van der Waals surface area contributed by atoms with E-state index in [4.69, 9.17) is 9.90 Å². The quantitative estimate of drug-likeness (QED) is 0.331. The second-order valence-corrected chi connectivity index (χ2v) is 0.492. The number of carbonyl (C=O) groups is 1. The summed E-state index contributed by atoms with van der Waals surface area (Å²) >= 11 is 0. The van der Waals surface area contributed by atoms with E-state index < -0.39 is 5.97 Å². The molecule has 29 valence electrons. The first-order valence-electron chi connectivity index (χ1n) is 0.908. The average molecular weight is 72.9 g/mol. The predicted molar refractivity (Wildman–Crippen MR) is 21.3 cm³/mol. The third kappa shape index (κ3) is 38.5. The van der Waals surface area contributed by atoms with Crippen LogP contribution in [0.5, 0.6) is 0 Å². The fourth-order valence-corrected chi connectivity index (χ4v) is 0. The van der Waals surface area contributed by atoms with Gasteiger partial charge in [0, 0.05) is 6.92 Å². The van der Waals surface area contributed by atoms with Crippen LogP contribution in [0.3, 0.4) is 0 Å². The van der Waals surface area contributed by atoms with Gasteiger partial charge in [0.25, 0.3) is 0 Å². The van der Waals surface area contributed by atoms with Crippen molar-refractivity contribution in [1.29, 1.82) is 0 Å². The highest BCUT2D eigenvalue weighted by atomic mass is 16.4. The normalized spacial score (nSPS) is 5.00. The molecular weight excluding hydrogens is 66.8 g/mol. The Labute approximate surface area is 32.4 Å². The van der Waals surface area contributed by atoms with Crippen molar-refractivity contribution in [2.24, 2.45) is 0 Å². The second kappa shape index (κ2) is 3.53. The Kier molecular flexibility index (Phi) is 6.23. The van der Waals surface area contributed by atoms with Gasteiger partial charge in [-0.1, -0.05) is 0 Å². The summed E-state index contributed by atoms with van der Waals surface area (Å²) < 4.78 is 0. The van der Waals surface area contributed by atoms with Crippen LogP contribution in [0.15, 0.2) is 0 Å². The van der Waals surface area contributed by atoms with Crippen molar-refractivity contribution in [1.82, 2.24) is 0 Å². The third-order valence-electron chi connectivity index (χ3n) is 0. The molecule has 2 nitrogen and oxygen atoms in total. The van der Waals surface area contributed by atoms with Crippen molar-refractivity contribution in [2.45, 2.75) is 6.92 Å². The first kappa shape index (κ1) is 8.82. The standard InChI is InChI=1S/C2H3O2.BH3/c1-2(3)4;/h1H3;1H3. The van der Waals surface area contributed by atoms with Gasteiger partial charge in [0.15, 0.2) is 0 Å². The predicted octanol–water partition coefficient (Wildman–Crippen LogP) is -1.22. The highest BCUT2D eigenvalue weighted by molar-refractivity contribution is 5.75.